The second kappa shape index (κ2) is 5.24. The second-order valence-electron chi connectivity index (χ2n) is 7.07. The molecule has 0 bridgehead atoms. The summed E-state index contributed by atoms with van der Waals surface area (Å²) in [6, 6.07) is 0.0347. The molecule has 1 amide bonds. The number of nitrogens with zero attached hydrogens (tertiary/aromatic N) is 3. The van der Waals surface area contributed by atoms with E-state index in [1.165, 1.54) is 0 Å². The minimum Gasteiger partial charge on any atom is -0.444 e. The summed E-state index contributed by atoms with van der Waals surface area (Å²) < 4.78 is 13.5. The number of nitrogens with one attached hydrogen (secondary N) is 1. The van der Waals surface area contributed by atoms with Crippen molar-refractivity contribution in [3.05, 3.63) is 18.2 Å². The van der Waals surface area contributed by atoms with Crippen LogP contribution in [0.4, 0.5) is 4.79 Å². The standard InChI is InChI=1S/C15H24N4O3/c1-14(2,3)22-13(20)19-8-15(9-19)12(17-5-6-21-15)11-7-16-10-18(11)4/h7,10,12,17H,5-6,8-9H2,1-4H3. The first kappa shape index (κ1) is 15.3. The van der Waals surface area contributed by atoms with Gasteiger partial charge in [-0.15, -0.1) is 0 Å². The Balaban J connectivity index is 1.71. The number of amides is 1. The molecule has 1 N–H and O–H groups in total. The van der Waals surface area contributed by atoms with Gasteiger partial charge in [-0.05, 0) is 20.8 Å². The van der Waals surface area contributed by atoms with Gasteiger partial charge in [0.25, 0.3) is 0 Å². The van der Waals surface area contributed by atoms with Gasteiger partial charge in [0.15, 0.2) is 0 Å². The van der Waals surface area contributed by atoms with Crippen LogP contribution in [0.2, 0.25) is 0 Å². The molecule has 2 fully saturated rings. The molecule has 3 rings (SSSR count). The Labute approximate surface area is 130 Å². The molecule has 22 heavy (non-hydrogen) atoms. The summed E-state index contributed by atoms with van der Waals surface area (Å²) in [5, 5.41) is 3.50. The molecule has 7 heteroatoms. The molecule has 3 heterocycles. The number of carbonyl (C=O) groups excluding carboxylic acids is 1. The third-order valence-electron chi connectivity index (χ3n) is 4.08. The fourth-order valence-electron chi connectivity index (χ4n) is 3.08. The average molecular weight is 308 g/mol. The van der Waals surface area contributed by atoms with Crippen LogP contribution >= 0.6 is 0 Å². The smallest absolute Gasteiger partial charge is 0.410 e. The number of likely N-dealkylation sites (tertiary alicyclic amines) is 1. The molecular weight excluding hydrogens is 284 g/mol. The van der Waals surface area contributed by atoms with Crippen molar-refractivity contribution in [3.63, 3.8) is 0 Å². The molecule has 122 valence electrons. The van der Waals surface area contributed by atoms with E-state index in [0.29, 0.717) is 19.7 Å². The van der Waals surface area contributed by atoms with E-state index in [1.54, 1.807) is 11.2 Å². The minimum atomic E-state index is -0.479. The van der Waals surface area contributed by atoms with Crippen molar-refractivity contribution in [1.82, 2.24) is 19.8 Å². The molecule has 1 spiro atoms. The number of rotatable bonds is 1. The molecule has 7 nitrogen and oxygen atoms in total. The van der Waals surface area contributed by atoms with Crippen LogP contribution in [0.25, 0.3) is 0 Å². The molecule has 1 unspecified atom stereocenters. The minimum absolute atomic E-state index is 0.0347. The molecule has 0 aromatic carbocycles. The maximum Gasteiger partial charge on any atom is 0.410 e. The van der Waals surface area contributed by atoms with Gasteiger partial charge in [0, 0.05) is 19.8 Å². The van der Waals surface area contributed by atoms with Gasteiger partial charge < -0.3 is 24.3 Å². The Morgan fingerprint density at radius 2 is 2.23 bits per heavy atom. The normalized spacial score (nSPS) is 24.2. The zero-order valence-electron chi connectivity index (χ0n) is 13.6. The molecule has 0 aliphatic carbocycles. The van der Waals surface area contributed by atoms with Gasteiger partial charge in [-0.1, -0.05) is 0 Å². The van der Waals surface area contributed by atoms with Crippen LogP contribution in [0.15, 0.2) is 12.5 Å². The molecular formula is C15H24N4O3. The lowest BCUT2D eigenvalue weighted by atomic mass is 9.83. The summed E-state index contributed by atoms with van der Waals surface area (Å²) in [5.74, 6) is 0. The number of carbonyl (C=O) groups is 1. The van der Waals surface area contributed by atoms with E-state index in [-0.39, 0.29) is 17.7 Å². The summed E-state index contributed by atoms with van der Waals surface area (Å²) in [7, 11) is 1.97. The van der Waals surface area contributed by atoms with Crippen molar-refractivity contribution in [2.45, 2.75) is 38.0 Å². The summed E-state index contributed by atoms with van der Waals surface area (Å²) in [4.78, 5) is 18.0. The predicted molar refractivity (Wildman–Crippen MR) is 80.4 cm³/mol. The monoisotopic (exact) mass is 308 g/mol. The first-order valence-electron chi connectivity index (χ1n) is 7.62. The van der Waals surface area contributed by atoms with Crippen LogP contribution in [0, 0.1) is 0 Å². The van der Waals surface area contributed by atoms with Crippen molar-refractivity contribution in [2.24, 2.45) is 7.05 Å². The molecule has 0 radical (unpaired) electrons. The SMILES string of the molecule is Cn1cncc1C1NCCOC12CN(C(=O)OC(C)(C)C)C2. The number of hydrogen-bond acceptors (Lipinski definition) is 5. The van der Waals surface area contributed by atoms with Crippen LogP contribution in [0.1, 0.15) is 32.5 Å². The lowest BCUT2D eigenvalue weighted by Crippen LogP contribution is -2.72. The van der Waals surface area contributed by atoms with Gasteiger partial charge in [0.1, 0.15) is 11.2 Å². The van der Waals surface area contributed by atoms with E-state index in [1.807, 2.05) is 38.6 Å². The van der Waals surface area contributed by atoms with Crippen LogP contribution in [-0.4, -0.2) is 58.0 Å². The molecule has 2 aliphatic heterocycles. The lowest BCUT2D eigenvalue weighted by molar-refractivity contribution is -0.177. The van der Waals surface area contributed by atoms with Crippen molar-refractivity contribution in [3.8, 4) is 0 Å². The highest BCUT2D eigenvalue weighted by molar-refractivity contribution is 5.70. The maximum absolute atomic E-state index is 12.1. The fourth-order valence-corrected chi connectivity index (χ4v) is 3.08. The van der Waals surface area contributed by atoms with E-state index in [4.69, 9.17) is 9.47 Å². The van der Waals surface area contributed by atoms with Crippen molar-refractivity contribution < 1.29 is 14.3 Å². The Kier molecular flexibility index (Phi) is 3.65. The zero-order valence-corrected chi connectivity index (χ0v) is 13.6. The van der Waals surface area contributed by atoms with E-state index in [2.05, 4.69) is 10.3 Å². The van der Waals surface area contributed by atoms with E-state index in [0.717, 1.165) is 12.2 Å². The molecule has 1 aromatic heterocycles. The van der Waals surface area contributed by atoms with Gasteiger partial charge >= 0.3 is 6.09 Å². The molecule has 1 atom stereocenters. The van der Waals surface area contributed by atoms with E-state index >= 15 is 0 Å². The zero-order chi connectivity index (χ0) is 16.0. The van der Waals surface area contributed by atoms with Gasteiger partial charge in [-0.25, -0.2) is 9.78 Å². The van der Waals surface area contributed by atoms with Crippen molar-refractivity contribution in [2.75, 3.05) is 26.2 Å². The number of aryl methyl sites for hydroxylation is 1. The topological polar surface area (TPSA) is 68.6 Å². The fraction of sp³-hybridized carbons (Fsp3) is 0.733. The number of morpholine rings is 1. The largest absolute Gasteiger partial charge is 0.444 e. The highest BCUT2D eigenvalue weighted by Gasteiger charge is 2.55. The van der Waals surface area contributed by atoms with Crippen molar-refractivity contribution >= 4 is 6.09 Å². The second-order valence-corrected chi connectivity index (χ2v) is 7.07. The quantitative estimate of drug-likeness (QED) is 0.840. The third kappa shape index (κ3) is 2.70. The molecule has 0 saturated carbocycles. The lowest BCUT2D eigenvalue weighted by Gasteiger charge is -2.55. The molecule has 2 aliphatic rings. The summed E-state index contributed by atoms with van der Waals surface area (Å²) in [6.45, 7) is 8.13. The average Bonchev–Trinajstić information content (AvgIpc) is 2.79. The first-order chi connectivity index (χ1) is 10.3. The van der Waals surface area contributed by atoms with Gasteiger partial charge in [-0.3, -0.25) is 0 Å². The van der Waals surface area contributed by atoms with Gasteiger partial charge in [0.2, 0.25) is 0 Å². The Bertz CT molecular complexity index is 557. The van der Waals surface area contributed by atoms with Crippen LogP contribution in [-0.2, 0) is 16.5 Å². The maximum atomic E-state index is 12.1. The number of hydrogen-bond donors (Lipinski definition) is 1. The molecule has 2 saturated heterocycles. The van der Waals surface area contributed by atoms with Gasteiger partial charge in [0.05, 0.1) is 37.8 Å². The number of ether oxygens (including phenoxy) is 2. The molecule has 1 aromatic rings. The number of aromatic nitrogens is 2. The number of imidazole rings is 1. The summed E-state index contributed by atoms with van der Waals surface area (Å²) in [5.41, 5.74) is 0.208. The van der Waals surface area contributed by atoms with Crippen molar-refractivity contribution in [1.29, 1.82) is 0 Å². The highest BCUT2D eigenvalue weighted by atomic mass is 16.6. The summed E-state index contributed by atoms with van der Waals surface area (Å²) >= 11 is 0. The predicted octanol–water partition coefficient (Wildman–Crippen LogP) is 1.07. The van der Waals surface area contributed by atoms with Gasteiger partial charge in [-0.2, -0.15) is 0 Å². The van der Waals surface area contributed by atoms with Crippen LogP contribution in [0.5, 0.6) is 0 Å². The first-order valence-corrected chi connectivity index (χ1v) is 7.62. The van der Waals surface area contributed by atoms with E-state index in [9.17, 15) is 4.79 Å². The Morgan fingerprint density at radius 1 is 1.50 bits per heavy atom. The third-order valence-corrected chi connectivity index (χ3v) is 4.08. The van der Waals surface area contributed by atoms with Crippen LogP contribution in [0.3, 0.4) is 0 Å². The highest BCUT2D eigenvalue weighted by Crippen LogP contribution is 2.39. The summed E-state index contributed by atoms with van der Waals surface area (Å²) in [6.07, 6.45) is 3.35. The Morgan fingerprint density at radius 3 is 2.82 bits per heavy atom. The van der Waals surface area contributed by atoms with E-state index < -0.39 is 5.60 Å². The Hall–Kier alpha value is -1.60. The van der Waals surface area contributed by atoms with Crippen LogP contribution < -0.4 is 5.32 Å².